The summed E-state index contributed by atoms with van der Waals surface area (Å²) >= 11 is 0.736. The molecule has 1 aliphatic heterocycles. The lowest BCUT2D eigenvalue weighted by Gasteiger charge is -2.08. The second kappa shape index (κ2) is 7.75. The van der Waals surface area contributed by atoms with Crippen LogP contribution in [0.2, 0.25) is 0 Å². The smallest absolute Gasteiger partial charge is 0.286 e. The maximum absolute atomic E-state index is 13.9. The molecule has 1 aliphatic rings. The van der Waals surface area contributed by atoms with Crippen LogP contribution in [-0.4, -0.2) is 28.1 Å². The van der Waals surface area contributed by atoms with Crippen LogP contribution in [-0.2, 0) is 9.59 Å². The Labute approximate surface area is 174 Å². The molecule has 0 radical (unpaired) electrons. The van der Waals surface area contributed by atoms with Gasteiger partial charge in [-0.25, -0.2) is 4.39 Å². The van der Waals surface area contributed by atoms with Gasteiger partial charge in [0.2, 0.25) is 17.6 Å². The lowest BCUT2D eigenvalue weighted by molar-refractivity contribution is -0.122. The predicted molar refractivity (Wildman–Crippen MR) is 109 cm³/mol. The number of furan rings is 1. The molecule has 0 saturated carbocycles. The van der Waals surface area contributed by atoms with Gasteiger partial charge in [-0.05, 0) is 30.7 Å². The van der Waals surface area contributed by atoms with Gasteiger partial charge < -0.3 is 9.73 Å². The van der Waals surface area contributed by atoms with Gasteiger partial charge in [0, 0.05) is 17.4 Å². The number of benzene rings is 2. The van der Waals surface area contributed by atoms with E-state index in [0.29, 0.717) is 16.5 Å². The standard InChI is InChI=1S/C21H15FN2O5S/c1-10-6-7-11(8-13(10)22)18(26)19-17(12-4-2-3-5-14(12)29-19)23-16(25)9-15-20(27)24-21(28)30-15/h2-8,15H,9H2,1H3,(H,23,25)(H,24,27,28). The van der Waals surface area contributed by atoms with Crippen LogP contribution < -0.4 is 10.6 Å². The summed E-state index contributed by atoms with van der Waals surface area (Å²) in [5.41, 5.74) is 0.971. The average molecular weight is 426 g/mol. The molecular weight excluding hydrogens is 411 g/mol. The molecular formula is C21H15FN2O5S. The third-order valence-electron chi connectivity index (χ3n) is 4.64. The number of carbonyl (C=O) groups excluding carboxylic acids is 4. The second-order valence-electron chi connectivity index (χ2n) is 6.73. The quantitative estimate of drug-likeness (QED) is 0.602. The monoisotopic (exact) mass is 426 g/mol. The molecule has 4 rings (SSSR count). The van der Waals surface area contributed by atoms with E-state index < -0.39 is 33.9 Å². The number of hydrogen-bond acceptors (Lipinski definition) is 6. The topological polar surface area (TPSA) is 105 Å². The van der Waals surface area contributed by atoms with Crippen molar-refractivity contribution in [1.29, 1.82) is 0 Å². The highest BCUT2D eigenvalue weighted by atomic mass is 32.2. The van der Waals surface area contributed by atoms with Crippen LogP contribution in [0.4, 0.5) is 14.9 Å². The Bertz CT molecular complexity index is 1220. The van der Waals surface area contributed by atoms with Crippen molar-refractivity contribution < 1.29 is 28.0 Å². The molecule has 9 heteroatoms. The third-order valence-corrected chi connectivity index (χ3v) is 5.62. The maximum atomic E-state index is 13.9. The van der Waals surface area contributed by atoms with Crippen molar-refractivity contribution in [3.05, 3.63) is 65.2 Å². The zero-order valence-corrected chi connectivity index (χ0v) is 16.5. The lowest BCUT2D eigenvalue weighted by atomic mass is 10.0. The van der Waals surface area contributed by atoms with E-state index in [1.807, 2.05) is 0 Å². The normalized spacial score (nSPS) is 16.0. The maximum Gasteiger partial charge on any atom is 0.286 e. The number of thioether (sulfide) groups is 1. The van der Waals surface area contributed by atoms with Crippen LogP contribution in [0.3, 0.4) is 0 Å². The molecule has 1 aromatic heterocycles. The Hall–Kier alpha value is -3.46. The van der Waals surface area contributed by atoms with Gasteiger partial charge in [0.25, 0.3) is 5.24 Å². The van der Waals surface area contributed by atoms with E-state index in [1.165, 1.54) is 12.1 Å². The van der Waals surface area contributed by atoms with Crippen molar-refractivity contribution in [2.45, 2.75) is 18.6 Å². The Morgan fingerprint density at radius 1 is 1.20 bits per heavy atom. The molecule has 0 aliphatic carbocycles. The number of hydrogen-bond donors (Lipinski definition) is 2. The lowest BCUT2D eigenvalue weighted by Crippen LogP contribution is -2.27. The van der Waals surface area contributed by atoms with Crippen LogP contribution in [0.15, 0.2) is 46.9 Å². The van der Waals surface area contributed by atoms with E-state index in [4.69, 9.17) is 4.42 Å². The predicted octanol–water partition coefficient (Wildman–Crippen LogP) is 3.79. The number of rotatable bonds is 5. The number of ketones is 1. The minimum atomic E-state index is -0.846. The molecule has 3 aromatic rings. The number of imide groups is 1. The zero-order chi connectivity index (χ0) is 21.4. The van der Waals surface area contributed by atoms with Gasteiger partial charge in [0.05, 0.1) is 5.69 Å². The summed E-state index contributed by atoms with van der Waals surface area (Å²) in [5.74, 6) is -2.37. The molecule has 2 N–H and O–H groups in total. The van der Waals surface area contributed by atoms with Crippen molar-refractivity contribution >= 4 is 51.3 Å². The molecule has 2 aromatic carbocycles. The highest BCUT2D eigenvalue weighted by Gasteiger charge is 2.34. The van der Waals surface area contributed by atoms with Crippen LogP contribution in [0.1, 0.15) is 28.1 Å². The molecule has 1 unspecified atom stereocenters. The van der Waals surface area contributed by atoms with Crippen molar-refractivity contribution in [1.82, 2.24) is 5.32 Å². The first kappa shape index (κ1) is 19.8. The van der Waals surface area contributed by atoms with Gasteiger partial charge in [-0.2, -0.15) is 0 Å². The molecule has 152 valence electrons. The molecule has 2 heterocycles. The highest BCUT2D eigenvalue weighted by Crippen LogP contribution is 2.33. The largest absolute Gasteiger partial charge is 0.450 e. The summed E-state index contributed by atoms with van der Waals surface area (Å²) in [6.45, 7) is 1.58. The number of aryl methyl sites for hydroxylation is 1. The van der Waals surface area contributed by atoms with Crippen LogP contribution in [0.5, 0.6) is 0 Å². The fourth-order valence-corrected chi connectivity index (χ4v) is 3.90. The Morgan fingerprint density at radius 3 is 2.67 bits per heavy atom. The fraction of sp³-hybridized carbons (Fsp3) is 0.143. The molecule has 1 saturated heterocycles. The number of halogens is 1. The SMILES string of the molecule is Cc1ccc(C(=O)c2oc3ccccc3c2NC(=O)CC2SC(=O)NC2=O)cc1F. The number of anilines is 1. The fourth-order valence-electron chi connectivity index (χ4n) is 3.08. The van der Waals surface area contributed by atoms with Crippen molar-refractivity contribution in [2.75, 3.05) is 5.32 Å². The first-order valence-corrected chi connectivity index (χ1v) is 9.85. The average Bonchev–Trinajstić information content (AvgIpc) is 3.22. The van der Waals surface area contributed by atoms with Gasteiger partial charge in [-0.1, -0.05) is 36.0 Å². The minimum absolute atomic E-state index is 0.0731. The molecule has 0 spiro atoms. The number of nitrogens with one attached hydrogen (secondary N) is 2. The van der Waals surface area contributed by atoms with E-state index in [-0.39, 0.29) is 23.4 Å². The number of para-hydroxylation sites is 1. The van der Waals surface area contributed by atoms with Gasteiger partial charge in [-0.15, -0.1) is 0 Å². The first-order chi connectivity index (χ1) is 14.3. The summed E-state index contributed by atoms with van der Waals surface area (Å²) in [7, 11) is 0. The van der Waals surface area contributed by atoms with Gasteiger partial charge >= 0.3 is 0 Å². The van der Waals surface area contributed by atoms with Crippen molar-refractivity contribution in [3.63, 3.8) is 0 Å². The van der Waals surface area contributed by atoms with Crippen molar-refractivity contribution in [3.8, 4) is 0 Å². The third kappa shape index (κ3) is 3.71. The van der Waals surface area contributed by atoms with E-state index >= 15 is 0 Å². The van der Waals surface area contributed by atoms with Crippen LogP contribution >= 0.6 is 11.8 Å². The summed E-state index contributed by atoms with van der Waals surface area (Å²) in [6, 6.07) is 10.8. The molecule has 7 nitrogen and oxygen atoms in total. The molecule has 3 amide bonds. The van der Waals surface area contributed by atoms with Gasteiger partial charge in [-0.3, -0.25) is 24.5 Å². The summed E-state index contributed by atoms with van der Waals surface area (Å²) in [4.78, 5) is 48.6. The summed E-state index contributed by atoms with van der Waals surface area (Å²) in [6.07, 6.45) is -0.255. The summed E-state index contributed by atoms with van der Waals surface area (Å²) in [5, 5.41) is 3.87. The van der Waals surface area contributed by atoms with Crippen molar-refractivity contribution in [2.24, 2.45) is 0 Å². The highest BCUT2D eigenvalue weighted by molar-refractivity contribution is 8.15. The number of fused-ring (bicyclic) bond motifs is 1. The van der Waals surface area contributed by atoms with Crippen LogP contribution in [0.25, 0.3) is 11.0 Å². The zero-order valence-electron chi connectivity index (χ0n) is 15.7. The Kier molecular flexibility index (Phi) is 5.13. The minimum Gasteiger partial charge on any atom is -0.450 e. The molecule has 0 bridgehead atoms. The van der Waals surface area contributed by atoms with E-state index in [0.717, 1.165) is 17.8 Å². The Balaban J connectivity index is 1.67. The van der Waals surface area contributed by atoms with E-state index in [9.17, 15) is 23.6 Å². The van der Waals surface area contributed by atoms with Gasteiger partial charge in [0.15, 0.2) is 5.76 Å². The number of carbonyl (C=O) groups is 4. The second-order valence-corrected chi connectivity index (χ2v) is 7.91. The van der Waals surface area contributed by atoms with E-state index in [2.05, 4.69) is 10.6 Å². The van der Waals surface area contributed by atoms with Gasteiger partial charge in [0.1, 0.15) is 16.7 Å². The first-order valence-electron chi connectivity index (χ1n) is 8.97. The summed E-state index contributed by atoms with van der Waals surface area (Å²) < 4.78 is 19.6. The van der Waals surface area contributed by atoms with Crippen LogP contribution in [0, 0.1) is 12.7 Å². The Morgan fingerprint density at radius 2 is 1.97 bits per heavy atom. The number of amides is 3. The van der Waals surface area contributed by atoms with E-state index in [1.54, 1.807) is 31.2 Å². The molecule has 30 heavy (non-hydrogen) atoms. The molecule has 1 atom stereocenters. The molecule has 1 fully saturated rings.